The molecule has 118 valence electrons. The maximum Gasteiger partial charge on any atom is 0.128 e. The predicted molar refractivity (Wildman–Crippen MR) is 89.5 cm³/mol. The maximum absolute atomic E-state index is 6.41. The van der Waals surface area contributed by atoms with Crippen molar-refractivity contribution in [2.45, 2.75) is 46.2 Å². The average Bonchev–Trinajstić information content (AvgIpc) is 2.47. The predicted octanol–water partition coefficient (Wildman–Crippen LogP) is 2.36. The minimum Gasteiger partial charge on any atom is -0.354 e. The molecule has 1 aromatic rings. The summed E-state index contributed by atoms with van der Waals surface area (Å²) in [6, 6.07) is 6.80. The number of anilines is 1. The van der Waals surface area contributed by atoms with Gasteiger partial charge in [0.25, 0.3) is 0 Å². The smallest absolute Gasteiger partial charge is 0.128 e. The van der Waals surface area contributed by atoms with Crippen molar-refractivity contribution in [1.82, 2.24) is 9.88 Å². The van der Waals surface area contributed by atoms with Gasteiger partial charge in [-0.15, -0.1) is 0 Å². The van der Waals surface area contributed by atoms with Crippen LogP contribution in [-0.4, -0.2) is 48.1 Å². The quantitative estimate of drug-likeness (QED) is 0.924. The molecule has 1 aromatic heterocycles. The molecule has 1 aliphatic rings. The van der Waals surface area contributed by atoms with Gasteiger partial charge in [-0.2, -0.15) is 0 Å². The molecule has 4 heteroatoms. The highest BCUT2D eigenvalue weighted by molar-refractivity contribution is 5.38. The Morgan fingerprint density at radius 2 is 1.86 bits per heavy atom. The third-order valence-corrected chi connectivity index (χ3v) is 4.45. The number of rotatable bonds is 4. The van der Waals surface area contributed by atoms with E-state index in [-0.39, 0.29) is 11.5 Å². The largest absolute Gasteiger partial charge is 0.354 e. The molecule has 1 fully saturated rings. The Labute approximate surface area is 129 Å². The van der Waals surface area contributed by atoms with Crippen LogP contribution in [0.5, 0.6) is 0 Å². The molecule has 2 heterocycles. The summed E-state index contributed by atoms with van der Waals surface area (Å²) < 4.78 is 0. The minimum absolute atomic E-state index is 0.211. The summed E-state index contributed by atoms with van der Waals surface area (Å²) in [7, 11) is 0. The molecular weight excluding hydrogens is 260 g/mol. The zero-order chi connectivity index (χ0) is 15.5. The fourth-order valence-electron chi connectivity index (χ4n) is 3.45. The van der Waals surface area contributed by atoms with E-state index in [1.54, 1.807) is 0 Å². The second kappa shape index (κ2) is 6.75. The molecule has 2 unspecified atom stereocenters. The van der Waals surface area contributed by atoms with Crippen molar-refractivity contribution in [3.63, 3.8) is 0 Å². The van der Waals surface area contributed by atoms with E-state index < -0.39 is 0 Å². The Kier molecular flexibility index (Phi) is 5.22. The molecule has 0 aliphatic carbocycles. The van der Waals surface area contributed by atoms with Gasteiger partial charge in [-0.1, -0.05) is 33.8 Å². The number of nitrogens with two attached hydrogens (primary N) is 1. The van der Waals surface area contributed by atoms with Crippen LogP contribution in [0, 0.1) is 5.41 Å². The van der Waals surface area contributed by atoms with Crippen molar-refractivity contribution in [2.75, 3.05) is 31.1 Å². The Morgan fingerprint density at radius 3 is 2.33 bits per heavy atom. The molecule has 2 rings (SSSR count). The van der Waals surface area contributed by atoms with Gasteiger partial charge in [0.2, 0.25) is 0 Å². The van der Waals surface area contributed by atoms with E-state index in [1.165, 1.54) is 0 Å². The molecule has 0 bridgehead atoms. The second-order valence-corrected chi connectivity index (χ2v) is 7.09. The van der Waals surface area contributed by atoms with Crippen LogP contribution >= 0.6 is 0 Å². The zero-order valence-corrected chi connectivity index (χ0v) is 13.9. The lowest BCUT2D eigenvalue weighted by Gasteiger charge is -2.47. The molecule has 4 nitrogen and oxygen atoms in total. The summed E-state index contributed by atoms with van der Waals surface area (Å²) in [5.41, 5.74) is 6.62. The lowest BCUT2D eigenvalue weighted by molar-refractivity contribution is 0.0710. The van der Waals surface area contributed by atoms with E-state index in [9.17, 15) is 0 Å². The Morgan fingerprint density at radius 1 is 1.19 bits per heavy atom. The first-order chi connectivity index (χ1) is 9.93. The molecule has 0 spiro atoms. The van der Waals surface area contributed by atoms with Gasteiger partial charge < -0.3 is 10.6 Å². The topological polar surface area (TPSA) is 45.4 Å². The van der Waals surface area contributed by atoms with Crippen LogP contribution in [0.1, 0.15) is 34.1 Å². The highest BCUT2D eigenvalue weighted by Crippen LogP contribution is 2.28. The molecule has 0 amide bonds. The molecule has 21 heavy (non-hydrogen) atoms. The summed E-state index contributed by atoms with van der Waals surface area (Å²) in [6.45, 7) is 13.3. The third kappa shape index (κ3) is 3.95. The van der Waals surface area contributed by atoms with Crippen molar-refractivity contribution in [3.05, 3.63) is 24.4 Å². The van der Waals surface area contributed by atoms with E-state index in [4.69, 9.17) is 5.73 Å². The highest BCUT2D eigenvalue weighted by Gasteiger charge is 2.35. The van der Waals surface area contributed by atoms with E-state index in [2.05, 4.69) is 54.6 Å². The normalized spacial score (nSPS) is 20.3. The first-order valence-electron chi connectivity index (χ1n) is 8.09. The van der Waals surface area contributed by atoms with Crippen molar-refractivity contribution in [2.24, 2.45) is 11.1 Å². The molecular formula is C17H30N4. The third-order valence-electron chi connectivity index (χ3n) is 4.45. The molecule has 0 saturated carbocycles. The maximum atomic E-state index is 6.41. The Balaban J connectivity index is 2.02. The fraction of sp³-hybridized carbons (Fsp3) is 0.706. The van der Waals surface area contributed by atoms with Crippen LogP contribution in [-0.2, 0) is 0 Å². The van der Waals surface area contributed by atoms with Gasteiger partial charge in [0.05, 0.1) is 0 Å². The Bertz CT molecular complexity index is 418. The minimum atomic E-state index is 0.211. The van der Waals surface area contributed by atoms with Crippen LogP contribution in [0.3, 0.4) is 0 Å². The van der Waals surface area contributed by atoms with Gasteiger partial charge in [-0.3, -0.25) is 4.90 Å². The van der Waals surface area contributed by atoms with Gasteiger partial charge in [-0.25, -0.2) is 4.98 Å². The van der Waals surface area contributed by atoms with E-state index in [0.717, 1.165) is 38.4 Å². The molecule has 0 radical (unpaired) electrons. The van der Waals surface area contributed by atoms with Crippen LogP contribution in [0.4, 0.5) is 5.82 Å². The summed E-state index contributed by atoms with van der Waals surface area (Å²) in [5.74, 6) is 1.09. The lowest BCUT2D eigenvalue weighted by atomic mass is 9.80. The SMILES string of the molecule is CCC(N)C(N1CCN(c2ccccn2)CC1)C(C)(C)C. The molecule has 2 atom stereocenters. The van der Waals surface area contributed by atoms with E-state index in [1.807, 2.05) is 12.3 Å². The number of pyridine rings is 1. The molecule has 0 aromatic carbocycles. The monoisotopic (exact) mass is 290 g/mol. The van der Waals surface area contributed by atoms with Gasteiger partial charge in [-0.05, 0) is 24.0 Å². The van der Waals surface area contributed by atoms with Crippen molar-refractivity contribution < 1.29 is 0 Å². The lowest BCUT2D eigenvalue weighted by Crippen LogP contribution is -2.60. The standard InChI is InChI=1S/C17H30N4/c1-5-14(18)16(17(2,3)4)21-12-10-20(11-13-21)15-8-6-7-9-19-15/h6-9,14,16H,5,10-13,18H2,1-4H3. The summed E-state index contributed by atoms with van der Waals surface area (Å²) in [5, 5.41) is 0. The number of hydrogen-bond acceptors (Lipinski definition) is 4. The molecule has 1 aliphatic heterocycles. The van der Waals surface area contributed by atoms with E-state index in [0.29, 0.717) is 6.04 Å². The second-order valence-electron chi connectivity index (χ2n) is 7.09. The molecule has 1 saturated heterocycles. The molecule has 2 N–H and O–H groups in total. The van der Waals surface area contributed by atoms with Crippen molar-refractivity contribution >= 4 is 5.82 Å². The van der Waals surface area contributed by atoms with Crippen molar-refractivity contribution in [1.29, 1.82) is 0 Å². The summed E-state index contributed by atoms with van der Waals surface area (Å²) >= 11 is 0. The van der Waals surface area contributed by atoms with Gasteiger partial charge in [0, 0.05) is 44.5 Å². The first kappa shape index (κ1) is 16.2. The number of piperazine rings is 1. The van der Waals surface area contributed by atoms with Gasteiger partial charge in [0.15, 0.2) is 0 Å². The zero-order valence-electron chi connectivity index (χ0n) is 13.9. The number of nitrogens with zero attached hydrogens (tertiary/aromatic N) is 3. The van der Waals surface area contributed by atoms with Crippen molar-refractivity contribution in [3.8, 4) is 0 Å². The number of hydrogen-bond donors (Lipinski definition) is 1. The summed E-state index contributed by atoms with van der Waals surface area (Å²) in [4.78, 5) is 9.40. The van der Waals surface area contributed by atoms with E-state index >= 15 is 0 Å². The first-order valence-corrected chi connectivity index (χ1v) is 8.09. The van der Waals surface area contributed by atoms with Gasteiger partial charge in [0.1, 0.15) is 5.82 Å². The average molecular weight is 290 g/mol. The van der Waals surface area contributed by atoms with Crippen LogP contribution in [0.25, 0.3) is 0 Å². The van der Waals surface area contributed by atoms with Crippen LogP contribution in [0.15, 0.2) is 24.4 Å². The van der Waals surface area contributed by atoms with Crippen LogP contribution < -0.4 is 10.6 Å². The van der Waals surface area contributed by atoms with Gasteiger partial charge >= 0.3 is 0 Å². The van der Waals surface area contributed by atoms with Crippen LogP contribution in [0.2, 0.25) is 0 Å². The number of aromatic nitrogens is 1. The fourth-order valence-corrected chi connectivity index (χ4v) is 3.45. The summed E-state index contributed by atoms with van der Waals surface area (Å²) in [6.07, 6.45) is 2.90. The Hall–Kier alpha value is -1.13. The highest BCUT2D eigenvalue weighted by atomic mass is 15.3.